The molecule has 0 radical (unpaired) electrons. The largest absolute Gasteiger partial charge is 0.344 e. The fourth-order valence-electron chi connectivity index (χ4n) is 1.77. The topological polar surface area (TPSA) is 101 Å². The molecule has 0 saturated heterocycles. The van der Waals surface area contributed by atoms with Crippen molar-refractivity contribution in [1.29, 1.82) is 0 Å². The van der Waals surface area contributed by atoms with Gasteiger partial charge in [0.05, 0.1) is 28.9 Å². The molecule has 1 fully saturated rings. The smallest absolute Gasteiger partial charge is 0.236 e. The predicted octanol–water partition coefficient (Wildman–Crippen LogP) is 0.971. The quantitative estimate of drug-likeness (QED) is 0.756. The number of anilines is 1. The molecular formula is C12H17ClN4O3S. The standard InChI is InChI=1S/C12H17ClN4O3S/c1-12(2,16-11(18)5-13)9-6-14-7-10(15-9)17-21(19,20)8-3-4-8/h6-8H,3-5H2,1-2H3,(H,15,17)(H,16,18). The second-order valence-electron chi connectivity index (χ2n) is 5.44. The molecule has 1 aromatic heterocycles. The first kappa shape index (κ1) is 16.0. The molecule has 0 unspecified atom stereocenters. The lowest BCUT2D eigenvalue weighted by atomic mass is 10.0. The third-order valence-corrected chi connectivity index (χ3v) is 5.14. The van der Waals surface area contributed by atoms with Gasteiger partial charge in [-0.25, -0.2) is 13.4 Å². The Labute approximate surface area is 128 Å². The normalized spacial score (nSPS) is 15.6. The van der Waals surface area contributed by atoms with Gasteiger partial charge in [-0.05, 0) is 26.7 Å². The van der Waals surface area contributed by atoms with Gasteiger partial charge in [0, 0.05) is 0 Å². The van der Waals surface area contributed by atoms with E-state index in [4.69, 9.17) is 11.6 Å². The van der Waals surface area contributed by atoms with Crippen molar-refractivity contribution in [2.75, 3.05) is 10.6 Å². The zero-order chi connectivity index (χ0) is 15.7. The van der Waals surface area contributed by atoms with Crippen LogP contribution in [0.25, 0.3) is 0 Å². The third kappa shape index (κ3) is 4.04. The number of nitrogens with one attached hydrogen (secondary N) is 2. The number of hydrogen-bond donors (Lipinski definition) is 2. The summed E-state index contributed by atoms with van der Waals surface area (Å²) in [6.07, 6.45) is 4.14. The van der Waals surface area contributed by atoms with Crippen LogP contribution >= 0.6 is 11.6 Å². The van der Waals surface area contributed by atoms with Gasteiger partial charge in [0.1, 0.15) is 5.88 Å². The van der Waals surface area contributed by atoms with Crippen LogP contribution in [0.4, 0.5) is 5.82 Å². The van der Waals surface area contributed by atoms with Crippen LogP contribution in [-0.2, 0) is 20.4 Å². The van der Waals surface area contributed by atoms with Gasteiger partial charge < -0.3 is 5.32 Å². The molecular weight excluding hydrogens is 316 g/mol. The lowest BCUT2D eigenvalue weighted by Gasteiger charge is -2.25. The van der Waals surface area contributed by atoms with E-state index >= 15 is 0 Å². The predicted molar refractivity (Wildman–Crippen MR) is 79.5 cm³/mol. The van der Waals surface area contributed by atoms with Gasteiger partial charge in [0.2, 0.25) is 15.9 Å². The molecule has 1 aliphatic rings. The minimum Gasteiger partial charge on any atom is -0.344 e. The second-order valence-corrected chi connectivity index (χ2v) is 7.67. The molecule has 1 heterocycles. The average molecular weight is 333 g/mol. The maximum Gasteiger partial charge on any atom is 0.236 e. The number of rotatable bonds is 6. The monoisotopic (exact) mass is 332 g/mol. The molecule has 9 heteroatoms. The molecule has 1 aliphatic carbocycles. The van der Waals surface area contributed by atoms with E-state index in [-0.39, 0.29) is 22.9 Å². The number of sulfonamides is 1. The lowest BCUT2D eigenvalue weighted by Crippen LogP contribution is -2.42. The van der Waals surface area contributed by atoms with Gasteiger partial charge in [-0.15, -0.1) is 11.6 Å². The Kier molecular flexibility index (Phi) is 4.38. The van der Waals surface area contributed by atoms with E-state index in [1.54, 1.807) is 13.8 Å². The molecule has 116 valence electrons. The highest BCUT2D eigenvalue weighted by Gasteiger charge is 2.36. The molecule has 1 amide bonds. The number of nitrogens with zero attached hydrogens (tertiary/aromatic N) is 2. The summed E-state index contributed by atoms with van der Waals surface area (Å²) in [4.78, 5) is 19.6. The fourth-order valence-corrected chi connectivity index (χ4v) is 3.15. The summed E-state index contributed by atoms with van der Waals surface area (Å²) >= 11 is 5.47. The zero-order valence-corrected chi connectivity index (χ0v) is 13.3. The molecule has 1 aromatic rings. The Morgan fingerprint density at radius 3 is 2.67 bits per heavy atom. The van der Waals surface area contributed by atoms with Crippen LogP contribution in [0.1, 0.15) is 32.4 Å². The van der Waals surface area contributed by atoms with Crippen LogP contribution in [0, 0.1) is 0 Å². The molecule has 2 N–H and O–H groups in total. The summed E-state index contributed by atoms with van der Waals surface area (Å²) in [6, 6.07) is 0. The van der Waals surface area contributed by atoms with Crippen molar-refractivity contribution < 1.29 is 13.2 Å². The van der Waals surface area contributed by atoms with E-state index in [0.717, 1.165) is 0 Å². The average Bonchev–Trinajstić information content (AvgIpc) is 3.22. The van der Waals surface area contributed by atoms with Gasteiger partial charge >= 0.3 is 0 Å². The number of aromatic nitrogens is 2. The highest BCUT2D eigenvalue weighted by molar-refractivity contribution is 7.93. The van der Waals surface area contributed by atoms with Crippen molar-refractivity contribution >= 4 is 33.3 Å². The zero-order valence-electron chi connectivity index (χ0n) is 11.8. The van der Waals surface area contributed by atoms with E-state index in [1.165, 1.54) is 12.4 Å². The van der Waals surface area contributed by atoms with Gasteiger partial charge in [0.15, 0.2) is 5.82 Å². The summed E-state index contributed by atoms with van der Waals surface area (Å²) in [7, 11) is -3.39. The van der Waals surface area contributed by atoms with Crippen LogP contribution < -0.4 is 10.0 Å². The Bertz CT molecular complexity index is 644. The van der Waals surface area contributed by atoms with Crippen LogP contribution in [0.15, 0.2) is 12.4 Å². The molecule has 1 saturated carbocycles. The second kappa shape index (κ2) is 5.76. The van der Waals surface area contributed by atoms with Crippen LogP contribution in [0.2, 0.25) is 0 Å². The Morgan fingerprint density at radius 1 is 1.43 bits per heavy atom. The molecule has 0 aliphatic heterocycles. The molecule has 7 nitrogen and oxygen atoms in total. The van der Waals surface area contributed by atoms with Crippen LogP contribution in [0.3, 0.4) is 0 Å². The Balaban J connectivity index is 2.19. The third-order valence-electron chi connectivity index (χ3n) is 3.06. The summed E-state index contributed by atoms with van der Waals surface area (Å²) in [6.45, 7) is 3.47. The highest BCUT2D eigenvalue weighted by Crippen LogP contribution is 2.29. The minimum absolute atomic E-state index is 0.146. The van der Waals surface area contributed by atoms with Crippen molar-refractivity contribution in [2.24, 2.45) is 0 Å². The Morgan fingerprint density at radius 2 is 2.10 bits per heavy atom. The molecule has 0 spiro atoms. The highest BCUT2D eigenvalue weighted by atomic mass is 35.5. The van der Waals surface area contributed by atoms with Gasteiger partial charge in [0.25, 0.3) is 0 Å². The van der Waals surface area contributed by atoms with Crippen molar-refractivity contribution in [3.8, 4) is 0 Å². The fraction of sp³-hybridized carbons (Fsp3) is 0.583. The summed E-state index contributed by atoms with van der Waals surface area (Å²) in [5, 5.41) is 2.36. The van der Waals surface area contributed by atoms with Gasteiger partial charge in [-0.1, -0.05) is 0 Å². The van der Waals surface area contributed by atoms with Gasteiger partial charge in [-0.2, -0.15) is 0 Å². The summed E-state index contributed by atoms with van der Waals surface area (Å²) < 4.78 is 26.2. The number of carbonyl (C=O) groups is 1. The van der Waals surface area contributed by atoms with Crippen LogP contribution in [-0.4, -0.2) is 35.4 Å². The first-order valence-corrected chi connectivity index (χ1v) is 8.54. The number of hydrogen-bond acceptors (Lipinski definition) is 5. The molecule has 0 aromatic carbocycles. The molecule has 0 atom stereocenters. The van der Waals surface area contributed by atoms with E-state index in [2.05, 4.69) is 20.0 Å². The van der Waals surface area contributed by atoms with Crippen molar-refractivity contribution in [2.45, 2.75) is 37.5 Å². The van der Waals surface area contributed by atoms with E-state index in [1.807, 2.05) is 0 Å². The van der Waals surface area contributed by atoms with Crippen LogP contribution in [0.5, 0.6) is 0 Å². The molecule has 21 heavy (non-hydrogen) atoms. The number of alkyl halides is 1. The van der Waals surface area contributed by atoms with E-state index in [0.29, 0.717) is 18.5 Å². The molecule has 2 rings (SSSR count). The molecule has 0 bridgehead atoms. The van der Waals surface area contributed by atoms with E-state index < -0.39 is 15.6 Å². The summed E-state index contributed by atoms with van der Waals surface area (Å²) in [5.41, 5.74) is -0.364. The minimum atomic E-state index is -3.39. The lowest BCUT2D eigenvalue weighted by molar-refractivity contribution is -0.120. The maximum absolute atomic E-state index is 11.9. The Hall–Kier alpha value is -1.41. The summed E-state index contributed by atoms with van der Waals surface area (Å²) in [5.74, 6) is -0.356. The van der Waals surface area contributed by atoms with Crippen molar-refractivity contribution in [1.82, 2.24) is 15.3 Å². The first-order chi connectivity index (χ1) is 9.74. The number of carbonyl (C=O) groups excluding carboxylic acids is 1. The van der Waals surface area contributed by atoms with Crippen molar-refractivity contribution in [3.05, 3.63) is 18.1 Å². The number of amides is 1. The van der Waals surface area contributed by atoms with E-state index in [9.17, 15) is 13.2 Å². The maximum atomic E-state index is 11.9. The first-order valence-electron chi connectivity index (χ1n) is 6.46. The number of halogens is 1. The van der Waals surface area contributed by atoms with Gasteiger partial charge in [-0.3, -0.25) is 14.5 Å². The SMILES string of the molecule is CC(C)(NC(=O)CCl)c1cncc(NS(=O)(=O)C2CC2)n1. The van der Waals surface area contributed by atoms with Crippen molar-refractivity contribution in [3.63, 3.8) is 0 Å².